The summed E-state index contributed by atoms with van der Waals surface area (Å²) in [4.78, 5) is 0. The van der Waals surface area contributed by atoms with E-state index in [1.54, 1.807) is 13.2 Å². The van der Waals surface area contributed by atoms with Crippen LogP contribution in [-0.2, 0) is 11.2 Å². The Labute approximate surface area is 96.4 Å². The SMILES string of the molecule is COCCCNC1CCc2c(O)cccc21. The van der Waals surface area contributed by atoms with Crippen LogP contribution in [0.1, 0.15) is 30.0 Å². The van der Waals surface area contributed by atoms with Crippen molar-refractivity contribution in [1.82, 2.24) is 5.32 Å². The number of phenols is 1. The van der Waals surface area contributed by atoms with E-state index in [1.807, 2.05) is 6.07 Å². The quantitative estimate of drug-likeness (QED) is 0.747. The van der Waals surface area contributed by atoms with Gasteiger partial charge in [-0.05, 0) is 43.0 Å². The third kappa shape index (κ3) is 2.36. The fraction of sp³-hybridized carbons (Fsp3) is 0.538. The molecule has 1 atom stereocenters. The molecular formula is C13H19NO2. The summed E-state index contributed by atoms with van der Waals surface area (Å²) >= 11 is 0. The summed E-state index contributed by atoms with van der Waals surface area (Å²) in [6.45, 7) is 1.76. The number of benzene rings is 1. The van der Waals surface area contributed by atoms with Crippen molar-refractivity contribution < 1.29 is 9.84 Å². The number of ether oxygens (including phenoxy) is 1. The number of phenolic OH excluding ortho intramolecular Hbond substituents is 1. The van der Waals surface area contributed by atoms with Crippen molar-refractivity contribution in [2.75, 3.05) is 20.3 Å². The van der Waals surface area contributed by atoms with Crippen LogP contribution >= 0.6 is 0 Å². The topological polar surface area (TPSA) is 41.5 Å². The molecule has 0 fully saturated rings. The van der Waals surface area contributed by atoms with E-state index < -0.39 is 0 Å². The van der Waals surface area contributed by atoms with E-state index in [9.17, 15) is 5.11 Å². The van der Waals surface area contributed by atoms with Crippen molar-refractivity contribution in [1.29, 1.82) is 0 Å². The Morgan fingerprint density at radius 3 is 3.19 bits per heavy atom. The minimum atomic E-state index is 0.402. The first-order valence-electron chi connectivity index (χ1n) is 5.86. The highest BCUT2D eigenvalue weighted by Gasteiger charge is 2.23. The molecule has 1 aliphatic rings. The van der Waals surface area contributed by atoms with Crippen LogP contribution in [-0.4, -0.2) is 25.4 Å². The molecular weight excluding hydrogens is 202 g/mol. The molecule has 2 N–H and O–H groups in total. The highest BCUT2D eigenvalue weighted by molar-refractivity contribution is 5.44. The number of methoxy groups -OCH3 is 1. The Bertz CT molecular complexity index is 352. The Balaban J connectivity index is 1.93. The molecule has 0 saturated heterocycles. The van der Waals surface area contributed by atoms with Crippen molar-refractivity contribution in [3.63, 3.8) is 0 Å². The van der Waals surface area contributed by atoms with Crippen LogP contribution < -0.4 is 5.32 Å². The molecule has 16 heavy (non-hydrogen) atoms. The molecule has 2 rings (SSSR count). The highest BCUT2D eigenvalue weighted by Crippen LogP contribution is 2.35. The highest BCUT2D eigenvalue weighted by atomic mass is 16.5. The predicted octanol–water partition coefficient (Wildman–Crippen LogP) is 2.01. The van der Waals surface area contributed by atoms with Crippen molar-refractivity contribution in [3.8, 4) is 5.75 Å². The molecule has 1 aromatic carbocycles. The summed E-state index contributed by atoms with van der Waals surface area (Å²) in [6.07, 6.45) is 3.09. The molecule has 0 amide bonds. The Morgan fingerprint density at radius 1 is 1.50 bits per heavy atom. The van der Waals surface area contributed by atoms with Gasteiger partial charge in [0.2, 0.25) is 0 Å². The minimum absolute atomic E-state index is 0.402. The van der Waals surface area contributed by atoms with Crippen LogP contribution in [0.5, 0.6) is 5.75 Å². The van der Waals surface area contributed by atoms with E-state index in [-0.39, 0.29) is 0 Å². The second kappa shape index (κ2) is 5.32. The van der Waals surface area contributed by atoms with Gasteiger partial charge < -0.3 is 15.2 Å². The zero-order chi connectivity index (χ0) is 11.4. The van der Waals surface area contributed by atoms with Gasteiger partial charge in [0.1, 0.15) is 5.75 Å². The summed E-state index contributed by atoms with van der Waals surface area (Å²) in [5.74, 6) is 0.443. The lowest BCUT2D eigenvalue weighted by molar-refractivity contribution is 0.193. The number of aromatic hydroxyl groups is 1. The van der Waals surface area contributed by atoms with Gasteiger partial charge in [0.05, 0.1) is 0 Å². The van der Waals surface area contributed by atoms with Gasteiger partial charge >= 0.3 is 0 Å². The second-order valence-electron chi connectivity index (χ2n) is 4.24. The molecule has 0 aliphatic heterocycles. The molecule has 1 aliphatic carbocycles. The first-order valence-corrected chi connectivity index (χ1v) is 5.86. The lowest BCUT2D eigenvalue weighted by Gasteiger charge is -2.13. The summed E-state index contributed by atoms with van der Waals surface area (Å²) in [7, 11) is 1.73. The predicted molar refractivity (Wildman–Crippen MR) is 63.7 cm³/mol. The molecule has 3 nitrogen and oxygen atoms in total. The van der Waals surface area contributed by atoms with Crippen LogP contribution in [0.15, 0.2) is 18.2 Å². The molecule has 0 saturated carbocycles. The minimum Gasteiger partial charge on any atom is -0.508 e. The van der Waals surface area contributed by atoms with Gasteiger partial charge in [0.25, 0.3) is 0 Å². The number of rotatable bonds is 5. The van der Waals surface area contributed by atoms with Crippen LogP contribution in [0.2, 0.25) is 0 Å². The molecule has 0 aromatic heterocycles. The standard InChI is InChI=1S/C13H19NO2/c1-16-9-3-8-14-12-7-6-11-10(12)4-2-5-13(11)15/h2,4-5,12,14-15H,3,6-9H2,1H3. The maximum absolute atomic E-state index is 9.71. The molecule has 0 radical (unpaired) electrons. The van der Waals surface area contributed by atoms with Crippen molar-refractivity contribution in [2.45, 2.75) is 25.3 Å². The van der Waals surface area contributed by atoms with Gasteiger partial charge in [-0.3, -0.25) is 0 Å². The van der Waals surface area contributed by atoms with Crippen LogP contribution in [0.4, 0.5) is 0 Å². The monoisotopic (exact) mass is 221 g/mol. The Morgan fingerprint density at radius 2 is 2.38 bits per heavy atom. The molecule has 0 heterocycles. The molecule has 1 unspecified atom stereocenters. The van der Waals surface area contributed by atoms with Crippen LogP contribution in [0.25, 0.3) is 0 Å². The van der Waals surface area contributed by atoms with Gasteiger partial charge in [-0.1, -0.05) is 12.1 Å². The van der Waals surface area contributed by atoms with Gasteiger partial charge in [-0.2, -0.15) is 0 Å². The number of fused-ring (bicyclic) bond motifs is 1. The summed E-state index contributed by atoms with van der Waals surface area (Å²) in [5, 5.41) is 13.2. The van der Waals surface area contributed by atoms with Gasteiger partial charge in [0.15, 0.2) is 0 Å². The zero-order valence-corrected chi connectivity index (χ0v) is 9.70. The molecule has 0 spiro atoms. The third-order valence-corrected chi connectivity index (χ3v) is 3.16. The fourth-order valence-corrected chi connectivity index (χ4v) is 2.34. The first kappa shape index (κ1) is 11.4. The summed E-state index contributed by atoms with van der Waals surface area (Å²) < 4.78 is 5.02. The smallest absolute Gasteiger partial charge is 0.119 e. The maximum atomic E-state index is 9.71. The van der Waals surface area contributed by atoms with Gasteiger partial charge in [-0.25, -0.2) is 0 Å². The van der Waals surface area contributed by atoms with E-state index in [2.05, 4.69) is 11.4 Å². The van der Waals surface area contributed by atoms with Crippen molar-refractivity contribution in [3.05, 3.63) is 29.3 Å². The number of hydrogen-bond donors (Lipinski definition) is 2. The van der Waals surface area contributed by atoms with E-state index in [1.165, 1.54) is 5.56 Å². The fourth-order valence-electron chi connectivity index (χ4n) is 2.34. The average molecular weight is 221 g/mol. The molecule has 0 bridgehead atoms. The summed E-state index contributed by atoms with van der Waals surface area (Å²) in [5.41, 5.74) is 2.38. The summed E-state index contributed by atoms with van der Waals surface area (Å²) in [6, 6.07) is 6.20. The zero-order valence-electron chi connectivity index (χ0n) is 9.70. The van der Waals surface area contributed by atoms with Gasteiger partial charge in [-0.15, -0.1) is 0 Å². The van der Waals surface area contributed by atoms with E-state index >= 15 is 0 Å². The largest absolute Gasteiger partial charge is 0.508 e. The normalized spacial score (nSPS) is 18.7. The number of nitrogens with one attached hydrogen (secondary N) is 1. The number of hydrogen-bond acceptors (Lipinski definition) is 3. The molecule has 88 valence electrons. The Hall–Kier alpha value is -1.06. The van der Waals surface area contributed by atoms with E-state index in [4.69, 9.17) is 4.74 Å². The third-order valence-electron chi connectivity index (χ3n) is 3.16. The van der Waals surface area contributed by atoms with Crippen LogP contribution in [0, 0.1) is 0 Å². The average Bonchev–Trinajstić information content (AvgIpc) is 2.70. The maximum Gasteiger partial charge on any atom is 0.119 e. The molecule has 1 aromatic rings. The van der Waals surface area contributed by atoms with Crippen LogP contribution in [0.3, 0.4) is 0 Å². The van der Waals surface area contributed by atoms with Crippen molar-refractivity contribution >= 4 is 0 Å². The van der Waals surface area contributed by atoms with Gasteiger partial charge in [0, 0.05) is 19.8 Å². The lowest BCUT2D eigenvalue weighted by Crippen LogP contribution is -2.21. The first-order chi connectivity index (χ1) is 7.83. The van der Waals surface area contributed by atoms with Crippen molar-refractivity contribution in [2.24, 2.45) is 0 Å². The molecule has 3 heteroatoms. The van der Waals surface area contributed by atoms with E-state index in [0.717, 1.165) is 38.0 Å². The lowest BCUT2D eigenvalue weighted by atomic mass is 10.1. The van der Waals surface area contributed by atoms with E-state index in [0.29, 0.717) is 11.8 Å². The Kier molecular flexibility index (Phi) is 3.80. The second-order valence-corrected chi connectivity index (χ2v) is 4.24.